The molecular formula is C22H34O3. The fourth-order valence-electron chi connectivity index (χ4n) is 3.84. The Kier molecular flexibility index (Phi) is 5.98. The van der Waals surface area contributed by atoms with Gasteiger partial charge < -0.3 is 9.84 Å². The fraction of sp³-hybridized carbons (Fsp3) is 0.682. The molecule has 0 spiro atoms. The van der Waals surface area contributed by atoms with E-state index < -0.39 is 5.97 Å². The van der Waals surface area contributed by atoms with Gasteiger partial charge in [-0.3, -0.25) is 0 Å². The predicted octanol–water partition coefficient (Wildman–Crippen LogP) is 5.09. The van der Waals surface area contributed by atoms with Crippen molar-refractivity contribution >= 4 is 5.97 Å². The van der Waals surface area contributed by atoms with Gasteiger partial charge in [-0.05, 0) is 52.7 Å². The van der Waals surface area contributed by atoms with E-state index in [1.165, 1.54) is 16.7 Å². The van der Waals surface area contributed by atoms with Crippen LogP contribution in [0.25, 0.3) is 0 Å². The molecule has 2 unspecified atom stereocenters. The predicted molar refractivity (Wildman–Crippen MR) is 102 cm³/mol. The summed E-state index contributed by atoms with van der Waals surface area (Å²) < 4.78 is 5.65. The van der Waals surface area contributed by atoms with Crippen LogP contribution < -0.4 is 0 Å². The molecule has 1 aromatic carbocycles. The number of hydrogen-bond acceptors (Lipinski definition) is 2. The van der Waals surface area contributed by atoms with Crippen LogP contribution in [0, 0.1) is 5.92 Å². The molecule has 1 aliphatic rings. The van der Waals surface area contributed by atoms with E-state index >= 15 is 0 Å². The van der Waals surface area contributed by atoms with Crippen LogP contribution in [0.2, 0.25) is 0 Å². The molecule has 2 rings (SSSR count). The minimum atomic E-state index is -0.879. The molecule has 1 aliphatic carbocycles. The van der Waals surface area contributed by atoms with Gasteiger partial charge in [0.1, 0.15) is 6.61 Å². The molecule has 0 radical (unpaired) electrons. The maximum absolute atomic E-state index is 10.8. The third-order valence-electron chi connectivity index (χ3n) is 5.28. The molecule has 0 amide bonds. The molecule has 25 heavy (non-hydrogen) atoms. The van der Waals surface area contributed by atoms with Crippen molar-refractivity contribution in [1.29, 1.82) is 0 Å². The summed E-state index contributed by atoms with van der Waals surface area (Å²) in [4.78, 5) is 10.8. The van der Waals surface area contributed by atoms with Gasteiger partial charge in [0.25, 0.3) is 0 Å². The van der Waals surface area contributed by atoms with Gasteiger partial charge in [0.15, 0.2) is 0 Å². The van der Waals surface area contributed by atoms with Gasteiger partial charge in [0, 0.05) is 0 Å². The lowest BCUT2D eigenvalue weighted by molar-refractivity contribution is -0.145. The highest BCUT2D eigenvalue weighted by molar-refractivity contribution is 5.68. The van der Waals surface area contributed by atoms with Gasteiger partial charge in [-0.25, -0.2) is 4.79 Å². The molecule has 3 nitrogen and oxygen atoms in total. The Morgan fingerprint density at radius 1 is 1.12 bits per heavy atom. The van der Waals surface area contributed by atoms with Crippen LogP contribution >= 0.6 is 0 Å². The summed E-state index contributed by atoms with van der Waals surface area (Å²) in [5, 5.41) is 8.88. The van der Waals surface area contributed by atoms with Gasteiger partial charge in [-0.15, -0.1) is 0 Å². The minimum Gasteiger partial charge on any atom is -0.480 e. The molecule has 1 saturated carbocycles. The third kappa shape index (κ3) is 5.31. The average molecular weight is 347 g/mol. The lowest BCUT2D eigenvalue weighted by Gasteiger charge is -2.29. The zero-order valence-corrected chi connectivity index (χ0v) is 16.7. The second-order valence-corrected chi connectivity index (χ2v) is 9.51. The van der Waals surface area contributed by atoms with Crippen molar-refractivity contribution < 1.29 is 14.6 Å². The van der Waals surface area contributed by atoms with E-state index in [0.29, 0.717) is 5.92 Å². The molecule has 2 atom stereocenters. The SMILES string of the molecule is CC(C)(C)c1ccc(CC2CCCC2OCC(=O)O)c(C(C)(C)C)c1. The topological polar surface area (TPSA) is 46.5 Å². The Labute approximate surface area is 152 Å². The molecule has 0 heterocycles. The number of ether oxygens (including phenoxy) is 1. The Balaban J connectivity index is 2.24. The van der Waals surface area contributed by atoms with Crippen LogP contribution in [0.4, 0.5) is 0 Å². The molecule has 1 N–H and O–H groups in total. The zero-order valence-electron chi connectivity index (χ0n) is 16.7. The fourth-order valence-corrected chi connectivity index (χ4v) is 3.84. The summed E-state index contributed by atoms with van der Waals surface area (Å²) in [7, 11) is 0. The first-order valence-corrected chi connectivity index (χ1v) is 9.46. The Hall–Kier alpha value is -1.35. The van der Waals surface area contributed by atoms with E-state index in [2.05, 4.69) is 59.7 Å². The number of carbonyl (C=O) groups is 1. The first-order valence-electron chi connectivity index (χ1n) is 9.46. The monoisotopic (exact) mass is 346 g/mol. The summed E-state index contributed by atoms with van der Waals surface area (Å²) >= 11 is 0. The standard InChI is InChI=1S/C22H34O3/c1-21(2,3)17-11-10-15(18(13-17)22(4,5)6)12-16-8-7-9-19(16)25-14-20(23)24/h10-11,13,16,19H,7-9,12,14H2,1-6H3,(H,23,24). The number of carboxylic acids is 1. The van der Waals surface area contributed by atoms with Crippen molar-refractivity contribution in [2.45, 2.75) is 84.2 Å². The van der Waals surface area contributed by atoms with E-state index in [4.69, 9.17) is 9.84 Å². The van der Waals surface area contributed by atoms with Crippen LogP contribution in [0.3, 0.4) is 0 Å². The Bertz CT molecular complexity index is 605. The number of rotatable bonds is 5. The second-order valence-electron chi connectivity index (χ2n) is 9.51. The molecule has 0 aromatic heterocycles. The van der Waals surface area contributed by atoms with Crippen LogP contribution in [-0.4, -0.2) is 23.8 Å². The van der Waals surface area contributed by atoms with Gasteiger partial charge in [-0.1, -0.05) is 66.2 Å². The van der Waals surface area contributed by atoms with E-state index in [1.54, 1.807) is 0 Å². The highest BCUT2D eigenvalue weighted by atomic mass is 16.5. The molecule has 0 aliphatic heterocycles. The number of hydrogen-bond donors (Lipinski definition) is 1. The van der Waals surface area contributed by atoms with E-state index in [1.807, 2.05) is 0 Å². The van der Waals surface area contributed by atoms with E-state index in [9.17, 15) is 4.79 Å². The molecule has 0 bridgehead atoms. The van der Waals surface area contributed by atoms with Crippen molar-refractivity contribution in [2.75, 3.05) is 6.61 Å². The Morgan fingerprint density at radius 3 is 2.36 bits per heavy atom. The summed E-state index contributed by atoms with van der Waals surface area (Å²) in [6, 6.07) is 6.91. The number of aliphatic carboxylic acids is 1. The Morgan fingerprint density at radius 2 is 1.80 bits per heavy atom. The van der Waals surface area contributed by atoms with Crippen molar-refractivity contribution in [3.63, 3.8) is 0 Å². The number of carboxylic acid groups (broad SMARTS) is 1. The number of benzene rings is 1. The smallest absolute Gasteiger partial charge is 0.329 e. The van der Waals surface area contributed by atoms with Crippen molar-refractivity contribution in [3.05, 3.63) is 34.9 Å². The summed E-state index contributed by atoms with van der Waals surface area (Å²) in [6.45, 7) is 13.4. The van der Waals surface area contributed by atoms with Crippen molar-refractivity contribution in [2.24, 2.45) is 5.92 Å². The molecule has 0 saturated heterocycles. The van der Waals surface area contributed by atoms with Gasteiger partial charge in [0.05, 0.1) is 6.10 Å². The molecule has 1 aromatic rings. The maximum Gasteiger partial charge on any atom is 0.329 e. The second kappa shape index (κ2) is 7.49. The quantitative estimate of drug-likeness (QED) is 0.807. The lowest BCUT2D eigenvalue weighted by Crippen LogP contribution is -2.25. The van der Waals surface area contributed by atoms with Crippen molar-refractivity contribution in [1.82, 2.24) is 0 Å². The molecule has 1 fully saturated rings. The van der Waals surface area contributed by atoms with Gasteiger partial charge >= 0.3 is 5.97 Å². The van der Waals surface area contributed by atoms with Crippen LogP contribution in [0.15, 0.2) is 18.2 Å². The van der Waals surface area contributed by atoms with Crippen molar-refractivity contribution in [3.8, 4) is 0 Å². The highest BCUT2D eigenvalue weighted by Crippen LogP contribution is 2.36. The molecule has 140 valence electrons. The van der Waals surface area contributed by atoms with Gasteiger partial charge in [-0.2, -0.15) is 0 Å². The molecular weight excluding hydrogens is 312 g/mol. The third-order valence-corrected chi connectivity index (χ3v) is 5.28. The molecule has 3 heteroatoms. The van der Waals surface area contributed by atoms with Crippen LogP contribution in [0.5, 0.6) is 0 Å². The normalized spacial score (nSPS) is 21.5. The summed E-state index contributed by atoms with van der Waals surface area (Å²) in [5.41, 5.74) is 4.39. The maximum atomic E-state index is 10.8. The largest absolute Gasteiger partial charge is 0.480 e. The average Bonchev–Trinajstić information content (AvgIpc) is 2.90. The van der Waals surface area contributed by atoms with E-state index in [0.717, 1.165) is 25.7 Å². The highest BCUT2D eigenvalue weighted by Gasteiger charge is 2.31. The van der Waals surface area contributed by atoms with Crippen LogP contribution in [0.1, 0.15) is 77.5 Å². The summed E-state index contributed by atoms with van der Waals surface area (Å²) in [6.07, 6.45) is 4.27. The first kappa shape index (κ1) is 20.0. The van der Waals surface area contributed by atoms with Crippen LogP contribution in [-0.2, 0) is 26.8 Å². The zero-order chi connectivity index (χ0) is 18.8. The minimum absolute atomic E-state index is 0.0752. The lowest BCUT2D eigenvalue weighted by atomic mass is 9.77. The summed E-state index contributed by atoms with van der Waals surface area (Å²) in [5.74, 6) is -0.462. The first-order chi connectivity index (χ1) is 11.5. The van der Waals surface area contributed by atoms with E-state index in [-0.39, 0.29) is 23.5 Å². The van der Waals surface area contributed by atoms with Gasteiger partial charge in [0.2, 0.25) is 0 Å².